The lowest BCUT2D eigenvalue weighted by atomic mass is 9.94. The van der Waals surface area contributed by atoms with Crippen LogP contribution in [0.3, 0.4) is 0 Å². The minimum atomic E-state index is -0.932. The molecule has 0 radical (unpaired) electrons. The highest BCUT2D eigenvalue weighted by atomic mass is 35.5. The van der Waals surface area contributed by atoms with E-state index < -0.39 is 12.0 Å². The van der Waals surface area contributed by atoms with Crippen LogP contribution in [0, 0.1) is 5.92 Å². The largest absolute Gasteiger partial charge is 0.480 e. The summed E-state index contributed by atoms with van der Waals surface area (Å²) in [7, 11) is 0. The fourth-order valence-electron chi connectivity index (χ4n) is 1.37. The summed E-state index contributed by atoms with van der Waals surface area (Å²) < 4.78 is 0. The summed E-state index contributed by atoms with van der Waals surface area (Å²) >= 11 is 5.75. The van der Waals surface area contributed by atoms with Gasteiger partial charge in [-0.15, -0.1) is 0 Å². The first-order valence-electron chi connectivity index (χ1n) is 4.62. The molecule has 3 nitrogen and oxygen atoms in total. The maximum atomic E-state index is 10.4. The van der Waals surface area contributed by atoms with Crippen molar-refractivity contribution in [3.63, 3.8) is 0 Å². The molecule has 0 aromatic rings. The minimum Gasteiger partial charge on any atom is -0.480 e. The summed E-state index contributed by atoms with van der Waals surface area (Å²) in [4.78, 5) is 10.4. The van der Waals surface area contributed by atoms with Gasteiger partial charge in [0.1, 0.15) is 6.04 Å². The zero-order valence-electron chi connectivity index (χ0n) is 7.82. The quantitative estimate of drug-likeness (QED) is 0.753. The van der Waals surface area contributed by atoms with Crippen LogP contribution < -0.4 is 5.73 Å². The van der Waals surface area contributed by atoms with Gasteiger partial charge in [-0.05, 0) is 31.3 Å². The summed E-state index contributed by atoms with van der Waals surface area (Å²) in [6, 6.07) is -0.746. The second-order valence-electron chi connectivity index (χ2n) is 3.47. The summed E-state index contributed by atoms with van der Waals surface area (Å²) in [5.74, 6) is -0.554. The molecule has 0 aromatic heterocycles. The molecule has 0 fully saturated rings. The molecule has 0 saturated heterocycles. The Morgan fingerprint density at radius 2 is 2.50 bits per heavy atom. The number of rotatable bonds is 4. The molecule has 4 heteroatoms. The van der Waals surface area contributed by atoms with Crippen LogP contribution in [0.4, 0.5) is 0 Å². The number of halogens is 1. The van der Waals surface area contributed by atoms with Crippen LogP contribution in [0.1, 0.15) is 19.3 Å². The normalized spacial score (nSPS) is 23.0. The molecule has 1 unspecified atom stereocenters. The van der Waals surface area contributed by atoms with Crippen molar-refractivity contribution >= 4 is 17.6 Å². The lowest BCUT2D eigenvalue weighted by molar-refractivity contribution is -0.138. The zero-order valence-corrected chi connectivity index (χ0v) is 8.57. The fraction of sp³-hybridized carbons (Fsp3) is 0.500. The van der Waals surface area contributed by atoms with Crippen LogP contribution in [0.15, 0.2) is 23.3 Å². The lowest BCUT2D eigenvalue weighted by Gasteiger charge is -2.15. The van der Waals surface area contributed by atoms with Gasteiger partial charge < -0.3 is 10.8 Å². The number of carboxylic acids is 1. The molecule has 0 amide bonds. The van der Waals surface area contributed by atoms with Crippen LogP contribution >= 0.6 is 11.6 Å². The van der Waals surface area contributed by atoms with Gasteiger partial charge >= 0.3 is 5.97 Å². The van der Waals surface area contributed by atoms with E-state index in [-0.39, 0.29) is 0 Å². The monoisotopic (exact) mass is 215 g/mol. The van der Waals surface area contributed by atoms with Gasteiger partial charge in [0.25, 0.3) is 0 Å². The van der Waals surface area contributed by atoms with E-state index >= 15 is 0 Å². The Kier molecular flexibility index (Phi) is 4.17. The average Bonchev–Trinajstić information content (AvgIpc) is 2.16. The Morgan fingerprint density at radius 3 is 3.00 bits per heavy atom. The predicted molar refractivity (Wildman–Crippen MR) is 56.0 cm³/mol. The standard InChI is InChI=1S/C10H14ClNO2/c11-8-4-1-7(2-5-8)3-6-9(12)10(13)14/h1,4-5,7,9H,2-3,6,12H2,(H,13,14)/t7?,9-/m0/s1. The summed E-state index contributed by atoms with van der Waals surface area (Å²) in [5.41, 5.74) is 5.40. The van der Waals surface area contributed by atoms with Crippen molar-refractivity contribution in [3.8, 4) is 0 Å². The van der Waals surface area contributed by atoms with Crippen LogP contribution in [0.2, 0.25) is 0 Å². The first-order chi connectivity index (χ1) is 6.59. The average molecular weight is 216 g/mol. The first-order valence-corrected chi connectivity index (χ1v) is 4.99. The zero-order chi connectivity index (χ0) is 10.6. The van der Waals surface area contributed by atoms with E-state index in [1.807, 2.05) is 18.2 Å². The Morgan fingerprint density at radius 1 is 1.79 bits per heavy atom. The van der Waals surface area contributed by atoms with E-state index in [0.717, 1.165) is 17.9 Å². The maximum absolute atomic E-state index is 10.4. The Labute approximate surface area is 88.2 Å². The third-order valence-corrected chi connectivity index (χ3v) is 2.59. The second-order valence-corrected chi connectivity index (χ2v) is 3.90. The van der Waals surface area contributed by atoms with Crippen molar-refractivity contribution in [2.75, 3.05) is 0 Å². The summed E-state index contributed by atoms with van der Waals surface area (Å²) in [6.45, 7) is 0. The number of aliphatic carboxylic acids is 1. The number of carbonyl (C=O) groups is 1. The maximum Gasteiger partial charge on any atom is 0.320 e. The van der Waals surface area contributed by atoms with Crippen molar-refractivity contribution in [1.82, 2.24) is 0 Å². The third kappa shape index (κ3) is 3.52. The minimum absolute atomic E-state index is 0.378. The highest BCUT2D eigenvalue weighted by molar-refractivity contribution is 6.31. The van der Waals surface area contributed by atoms with Gasteiger partial charge in [0.15, 0.2) is 0 Å². The second kappa shape index (κ2) is 5.17. The molecule has 1 aliphatic carbocycles. The summed E-state index contributed by atoms with van der Waals surface area (Å²) in [6.07, 6.45) is 7.99. The summed E-state index contributed by atoms with van der Waals surface area (Å²) in [5, 5.41) is 9.33. The third-order valence-electron chi connectivity index (χ3n) is 2.31. The SMILES string of the molecule is N[C@@H](CCC1C=CC(Cl)=CC1)C(=O)O. The van der Waals surface area contributed by atoms with Gasteiger partial charge in [0.2, 0.25) is 0 Å². The highest BCUT2D eigenvalue weighted by Gasteiger charge is 2.14. The predicted octanol–water partition coefficient (Wildman–Crippen LogP) is 1.88. The van der Waals surface area contributed by atoms with Gasteiger partial charge in [-0.1, -0.05) is 23.8 Å². The molecule has 3 N–H and O–H groups in total. The molecule has 0 spiro atoms. The smallest absolute Gasteiger partial charge is 0.320 e. The van der Waals surface area contributed by atoms with Crippen LogP contribution in [0.5, 0.6) is 0 Å². The van der Waals surface area contributed by atoms with Crippen molar-refractivity contribution in [3.05, 3.63) is 23.3 Å². The van der Waals surface area contributed by atoms with Crippen molar-refractivity contribution in [1.29, 1.82) is 0 Å². The van der Waals surface area contributed by atoms with Gasteiger partial charge in [-0.25, -0.2) is 0 Å². The topological polar surface area (TPSA) is 63.3 Å². The van der Waals surface area contributed by atoms with E-state index in [0.29, 0.717) is 12.3 Å². The number of allylic oxidation sites excluding steroid dienone is 4. The molecule has 78 valence electrons. The molecular formula is C10H14ClNO2. The van der Waals surface area contributed by atoms with Crippen molar-refractivity contribution < 1.29 is 9.90 Å². The van der Waals surface area contributed by atoms with Gasteiger partial charge in [-0.2, -0.15) is 0 Å². The van der Waals surface area contributed by atoms with E-state index in [4.69, 9.17) is 22.4 Å². The Bertz CT molecular complexity index is 273. The molecule has 14 heavy (non-hydrogen) atoms. The van der Waals surface area contributed by atoms with Gasteiger partial charge in [-0.3, -0.25) is 4.79 Å². The van der Waals surface area contributed by atoms with Gasteiger partial charge in [0.05, 0.1) is 0 Å². The van der Waals surface area contributed by atoms with E-state index in [1.165, 1.54) is 0 Å². The molecular weight excluding hydrogens is 202 g/mol. The van der Waals surface area contributed by atoms with Gasteiger partial charge in [0, 0.05) is 5.03 Å². The number of carboxylic acid groups (broad SMARTS) is 1. The molecule has 1 aliphatic rings. The highest BCUT2D eigenvalue weighted by Crippen LogP contribution is 2.22. The van der Waals surface area contributed by atoms with E-state index in [2.05, 4.69) is 0 Å². The fourth-order valence-corrected chi connectivity index (χ4v) is 1.53. The number of hydrogen-bond donors (Lipinski definition) is 2. The van der Waals surface area contributed by atoms with E-state index in [9.17, 15) is 4.79 Å². The number of nitrogens with two attached hydrogens (primary N) is 1. The Hall–Kier alpha value is -0.800. The molecule has 0 heterocycles. The molecule has 0 saturated carbocycles. The molecule has 0 aliphatic heterocycles. The first kappa shape index (κ1) is 11.3. The molecule has 0 bridgehead atoms. The lowest BCUT2D eigenvalue weighted by Crippen LogP contribution is -2.30. The van der Waals surface area contributed by atoms with Crippen LogP contribution in [0.25, 0.3) is 0 Å². The van der Waals surface area contributed by atoms with Crippen molar-refractivity contribution in [2.24, 2.45) is 11.7 Å². The van der Waals surface area contributed by atoms with Crippen LogP contribution in [-0.2, 0) is 4.79 Å². The number of hydrogen-bond acceptors (Lipinski definition) is 2. The molecule has 0 aromatic carbocycles. The van der Waals surface area contributed by atoms with E-state index in [1.54, 1.807) is 0 Å². The van der Waals surface area contributed by atoms with Crippen molar-refractivity contribution in [2.45, 2.75) is 25.3 Å². The molecule has 2 atom stereocenters. The Balaban J connectivity index is 2.27. The molecule has 1 rings (SSSR count). The van der Waals surface area contributed by atoms with Crippen LogP contribution in [-0.4, -0.2) is 17.1 Å².